The van der Waals surface area contributed by atoms with Crippen LogP contribution in [0.4, 0.5) is 5.69 Å². The van der Waals surface area contributed by atoms with Gasteiger partial charge in [-0.05, 0) is 12.1 Å². The van der Waals surface area contributed by atoms with Crippen LogP contribution in [0.15, 0.2) is 28.1 Å². The van der Waals surface area contributed by atoms with E-state index in [9.17, 15) is 4.79 Å². The number of hydrogen-bond donors (Lipinski definition) is 1. The molecule has 1 N–H and O–H groups in total. The Bertz CT molecular complexity index is 452. The number of amides is 1. The van der Waals surface area contributed by atoms with E-state index in [-0.39, 0.29) is 0 Å². The average Bonchev–Trinajstić information content (AvgIpc) is 2.51. The predicted octanol–water partition coefficient (Wildman–Crippen LogP) is 3.23. The second-order valence-corrected chi connectivity index (χ2v) is 4.29. The molecule has 1 heterocycles. The zero-order valence-electron chi connectivity index (χ0n) is 6.58. The molecular weight excluding hydrogens is 250 g/mol. The number of rotatable bonds is 2. The maximum atomic E-state index is 10.3. The Morgan fingerprint density at radius 3 is 3.08 bits per heavy atom. The molecule has 0 radical (unpaired) electrons. The van der Waals surface area contributed by atoms with E-state index >= 15 is 0 Å². The fraction of sp³-hybridized carbons (Fsp3) is 0. The predicted molar refractivity (Wildman–Crippen MR) is 59.2 cm³/mol. The Balaban J connectivity index is 2.70. The Hall–Kier alpha value is -0.870. The van der Waals surface area contributed by atoms with Crippen LogP contribution < -0.4 is 5.32 Å². The largest absolute Gasteiger partial charge is 0.327 e. The molecule has 0 aliphatic carbocycles. The van der Waals surface area contributed by atoms with Gasteiger partial charge in [-0.25, -0.2) is 0 Å². The standard InChI is InChI=1S/C9H6BrNOS/c10-6-2-1-3-8-9(6)7(4-13-8)11-5-12/h1-5H,(H,11,12). The van der Waals surface area contributed by atoms with Gasteiger partial charge < -0.3 is 5.32 Å². The normalized spacial score (nSPS) is 10.2. The van der Waals surface area contributed by atoms with E-state index in [2.05, 4.69) is 21.2 Å². The molecule has 0 fully saturated rings. The van der Waals surface area contributed by atoms with Crippen molar-refractivity contribution in [2.45, 2.75) is 0 Å². The Kier molecular flexibility index (Phi) is 2.33. The first kappa shape index (κ1) is 8.72. The molecule has 1 amide bonds. The summed E-state index contributed by atoms with van der Waals surface area (Å²) >= 11 is 5.06. The minimum atomic E-state index is 0.695. The van der Waals surface area contributed by atoms with Gasteiger partial charge in [-0.1, -0.05) is 22.0 Å². The highest BCUT2D eigenvalue weighted by atomic mass is 79.9. The molecule has 2 aromatic rings. The van der Waals surface area contributed by atoms with Crippen LogP contribution in [0.5, 0.6) is 0 Å². The Labute approximate surface area is 87.7 Å². The molecule has 0 saturated carbocycles. The van der Waals surface area contributed by atoms with E-state index < -0.39 is 0 Å². The first-order valence-electron chi connectivity index (χ1n) is 3.69. The highest BCUT2D eigenvalue weighted by Gasteiger charge is 2.05. The molecule has 13 heavy (non-hydrogen) atoms. The summed E-state index contributed by atoms with van der Waals surface area (Å²) in [6, 6.07) is 5.97. The highest BCUT2D eigenvalue weighted by molar-refractivity contribution is 9.10. The van der Waals surface area contributed by atoms with Crippen LogP contribution in [0.2, 0.25) is 0 Å². The van der Waals surface area contributed by atoms with Crippen molar-refractivity contribution >= 4 is 49.5 Å². The van der Waals surface area contributed by atoms with Crippen molar-refractivity contribution in [3.8, 4) is 0 Å². The van der Waals surface area contributed by atoms with E-state index in [4.69, 9.17) is 0 Å². The van der Waals surface area contributed by atoms with Crippen LogP contribution in [0.3, 0.4) is 0 Å². The number of carbonyl (C=O) groups is 1. The number of nitrogens with one attached hydrogen (secondary N) is 1. The molecule has 1 aromatic carbocycles. The highest BCUT2D eigenvalue weighted by Crippen LogP contribution is 2.35. The van der Waals surface area contributed by atoms with Crippen molar-refractivity contribution in [2.75, 3.05) is 5.32 Å². The number of anilines is 1. The SMILES string of the molecule is O=CNc1csc2cccc(Br)c12. The monoisotopic (exact) mass is 255 g/mol. The topological polar surface area (TPSA) is 29.1 Å². The third kappa shape index (κ3) is 1.47. The lowest BCUT2D eigenvalue weighted by molar-refractivity contribution is -0.105. The van der Waals surface area contributed by atoms with Crippen molar-refractivity contribution in [3.63, 3.8) is 0 Å². The molecule has 0 spiro atoms. The molecule has 0 unspecified atom stereocenters. The molecular formula is C9H6BrNOS. The number of fused-ring (bicyclic) bond motifs is 1. The summed E-state index contributed by atoms with van der Waals surface area (Å²) in [5, 5.41) is 5.67. The first-order valence-corrected chi connectivity index (χ1v) is 5.36. The first-order chi connectivity index (χ1) is 6.33. The molecule has 2 nitrogen and oxygen atoms in total. The summed E-state index contributed by atoms with van der Waals surface area (Å²) in [4.78, 5) is 10.3. The Morgan fingerprint density at radius 1 is 1.46 bits per heavy atom. The van der Waals surface area contributed by atoms with Gasteiger partial charge in [0.15, 0.2) is 0 Å². The van der Waals surface area contributed by atoms with Gasteiger partial charge >= 0.3 is 0 Å². The van der Waals surface area contributed by atoms with Crippen LogP contribution in [-0.4, -0.2) is 6.41 Å². The van der Waals surface area contributed by atoms with E-state index in [1.807, 2.05) is 23.6 Å². The number of halogens is 1. The number of hydrogen-bond acceptors (Lipinski definition) is 2. The lowest BCUT2D eigenvalue weighted by Gasteiger charge is -1.97. The Morgan fingerprint density at radius 2 is 2.31 bits per heavy atom. The summed E-state index contributed by atoms with van der Waals surface area (Å²) in [7, 11) is 0. The number of carbonyl (C=O) groups excluding carboxylic acids is 1. The molecule has 0 atom stereocenters. The van der Waals surface area contributed by atoms with Crippen molar-refractivity contribution in [1.82, 2.24) is 0 Å². The summed E-state index contributed by atoms with van der Waals surface area (Å²) in [6.07, 6.45) is 0.695. The zero-order valence-corrected chi connectivity index (χ0v) is 8.98. The van der Waals surface area contributed by atoms with Crippen LogP contribution in [-0.2, 0) is 4.79 Å². The minimum Gasteiger partial charge on any atom is -0.327 e. The summed E-state index contributed by atoms with van der Waals surface area (Å²) < 4.78 is 2.18. The molecule has 4 heteroatoms. The second kappa shape index (κ2) is 3.47. The third-order valence-electron chi connectivity index (χ3n) is 1.76. The molecule has 0 saturated heterocycles. The van der Waals surface area contributed by atoms with Crippen LogP contribution in [0.25, 0.3) is 10.1 Å². The van der Waals surface area contributed by atoms with Gasteiger partial charge in [0.25, 0.3) is 0 Å². The zero-order chi connectivity index (χ0) is 9.26. The maximum Gasteiger partial charge on any atom is 0.211 e. The van der Waals surface area contributed by atoms with Crippen LogP contribution >= 0.6 is 27.3 Å². The molecule has 1 aromatic heterocycles. The van der Waals surface area contributed by atoms with Gasteiger partial charge in [0, 0.05) is 19.9 Å². The lowest BCUT2D eigenvalue weighted by atomic mass is 10.2. The van der Waals surface area contributed by atoms with Gasteiger partial charge in [-0.15, -0.1) is 11.3 Å². The minimum absolute atomic E-state index is 0.695. The van der Waals surface area contributed by atoms with Crippen molar-refractivity contribution < 1.29 is 4.79 Å². The number of thiophene rings is 1. The summed E-state index contributed by atoms with van der Waals surface area (Å²) in [5.41, 5.74) is 0.863. The van der Waals surface area contributed by atoms with E-state index in [0.717, 1.165) is 15.5 Å². The average molecular weight is 256 g/mol. The van der Waals surface area contributed by atoms with Gasteiger partial charge in [0.05, 0.1) is 5.69 Å². The van der Waals surface area contributed by atoms with Crippen molar-refractivity contribution in [1.29, 1.82) is 0 Å². The van der Waals surface area contributed by atoms with Crippen LogP contribution in [0.1, 0.15) is 0 Å². The summed E-state index contributed by atoms with van der Waals surface area (Å²) in [5.74, 6) is 0. The molecule has 0 aliphatic heterocycles. The smallest absolute Gasteiger partial charge is 0.211 e. The lowest BCUT2D eigenvalue weighted by Crippen LogP contribution is -1.91. The summed E-state index contributed by atoms with van der Waals surface area (Å²) in [6.45, 7) is 0. The quantitative estimate of drug-likeness (QED) is 0.821. The fourth-order valence-electron chi connectivity index (χ4n) is 1.21. The molecule has 66 valence electrons. The molecule has 2 rings (SSSR count). The van der Waals surface area contributed by atoms with Gasteiger partial charge in [0.1, 0.15) is 0 Å². The van der Waals surface area contributed by atoms with Crippen molar-refractivity contribution in [2.24, 2.45) is 0 Å². The fourth-order valence-corrected chi connectivity index (χ4v) is 2.85. The number of benzene rings is 1. The van der Waals surface area contributed by atoms with Gasteiger partial charge in [-0.2, -0.15) is 0 Å². The second-order valence-electron chi connectivity index (χ2n) is 2.52. The van der Waals surface area contributed by atoms with Gasteiger partial charge in [0.2, 0.25) is 6.41 Å². The van der Waals surface area contributed by atoms with Gasteiger partial charge in [-0.3, -0.25) is 4.79 Å². The van der Waals surface area contributed by atoms with E-state index in [1.165, 1.54) is 4.70 Å². The molecule has 0 bridgehead atoms. The van der Waals surface area contributed by atoms with E-state index in [1.54, 1.807) is 11.3 Å². The maximum absolute atomic E-state index is 10.3. The van der Waals surface area contributed by atoms with Crippen molar-refractivity contribution in [3.05, 3.63) is 28.1 Å². The van der Waals surface area contributed by atoms with E-state index in [0.29, 0.717) is 6.41 Å². The third-order valence-corrected chi connectivity index (χ3v) is 3.37. The molecule has 0 aliphatic rings. The van der Waals surface area contributed by atoms with Crippen LogP contribution in [0, 0.1) is 0 Å².